The molecule has 1 aliphatic heterocycles. The van der Waals surface area contributed by atoms with Crippen LogP contribution in [0.1, 0.15) is 17.4 Å². The molecule has 0 radical (unpaired) electrons. The van der Waals surface area contributed by atoms with E-state index in [2.05, 4.69) is 20.0 Å². The summed E-state index contributed by atoms with van der Waals surface area (Å²) >= 11 is 0. The third-order valence-corrected chi connectivity index (χ3v) is 4.10. The summed E-state index contributed by atoms with van der Waals surface area (Å²) in [5.74, 6) is 0.588. The normalized spacial score (nSPS) is 17.6. The van der Waals surface area contributed by atoms with Crippen molar-refractivity contribution in [2.24, 2.45) is 7.05 Å². The van der Waals surface area contributed by atoms with E-state index in [1.807, 2.05) is 19.4 Å². The van der Waals surface area contributed by atoms with Crippen molar-refractivity contribution < 1.29 is 9.13 Å². The first-order valence-corrected chi connectivity index (χ1v) is 7.63. The van der Waals surface area contributed by atoms with E-state index >= 15 is 0 Å². The molecule has 0 saturated heterocycles. The summed E-state index contributed by atoms with van der Waals surface area (Å²) in [6.07, 6.45) is 3.84. The lowest BCUT2D eigenvalue weighted by atomic mass is 10.2. The van der Waals surface area contributed by atoms with Gasteiger partial charge < -0.3 is 14.6 Å². The number of benzene rings is 1. The van der Waals surface area contributed by atoms with Gasteiger partial charge in [-0.25, -0.2) is 9.37 Å². The maximum absolute atomic E-state index is 13.4. The summed E-state index contributed by atoms with van der Waals surface area (Å²) in [6.45, 7) is 2.59. The highest BCUT2D eigenvalue weighted by Gasteiger charge is 2.23. The first-order chi connectivity index (χ1) is 11.2. The number of hydrogen-bond donors (Lipinski definition) is 1. The zero-order valence-corrected chi connectivity index (χ0v) is 12.9. The third-order valence-electron chi connectivity index (χ3n) is 4.10. The van der Waals surface area contributed by atoms with Crippen LogP contribution in [0.25, 0.3) is 11.0 Å². The van der Waals surface area contributed by atoms with E-state index in [1.165, 1.54) is 12.1 Å². The number of aromatic nitrogens is 4. The van der Waals surface area contributed by atoms with Gasteiger partial charge in [-0.2, -0.15) is 5.10 Å². The molecular formula is C16H18FN5O. The maximum atomic E-state index is 13.4. The van der Waals surface area contributed by atoms with E-state index in [9.17, 15) is 4.39 Å². The van der Waals surface area contributed by atoms with Crippen LogP contribution in [-0.4, -0.2) is 32.5 Å². The number of hydrogen-bond acceptors (Lipinski definition) is 4. The van der Waals surface area contributed by atoms with Gasteiger partial charge in [-0.05, 0) is 12.1 Å². The molecule has 1 aromatic carbocycles. The minimum absolute atomic E-state index is 0.144. The molecule has 23 heavy (non-hydrogen) atoms. The Labute approximate surface area is 132 Å². The van der Waals surface area contributed by atoms with Gasteiger partial charge in [0.1, 0.15) is 18.2 Å². The fourth-order valence-electron chi connectivity index (χ4n) is 3.09. The summed E-state index contributed by atoms with van der Waals surface area (Å²) in [5.41, 5.74) is 2.78. The standard InChI is InChI=1S/C16H18FN5O/c1-21-8-11(6-19-21)5-18-7-13-9-23-10-16-20-14-4-12(17)2-3-15(14)22(13)16/h2-4,6,8,13,18H,5,7,9-10H2,1H3. The molecule has 2 aromatic heterocycles. The largest absolute Gasteiger partial charge is 0.371 e. The van der Waals surface area contributed by atoms with Gasteiger partial charge in [-0.15, -0.1) is 0 Å². The Kier molecular flexibility index (Phi) is 3.59. The van der Waals surface area contributed by atoms with E-state index in [-0.39, 0.29) is 11.9 Å². The van der Waals surface area contributed by atoms with Crippen LogP contribution in [0.3, 0.4) is 0 Å². The summed E-state index contributed by atoms with van der Waals surface area (Å²) < 4.78 is 23.0. The summed E-state index contributed by atoms with van der Waals surface area (Å²) in [5, 5.41) is 7.60. The van der Waals surface area contributed by atoms with E-state index in [4.69, 9.17) is 4.74 Å². The molecular weight excluding hydrogens is 297 g/mol. The molecule has 120 valence electrons. The van der Waals surface area contributed by atoms with Crippen LogP contribution in [0.15, 0.2) is 30.6 Å². The van der Waals surface area contributed by atoms with Crippen LogP contribution < -0.4 is 5.32 Å². The van der Waals surface area contributed by atoms with Crippen LogP contribution in [-0.2, 0) is 24.9 Å². The second-order valence-electron chi connectivity index (χ2n) is 5.85. The fourth-order valence-corrected chi connectivity index (χ4v) is 3.09. The monoisotopic (exact) mass is 315 g/mol. The highest BCUT2D eigenvalue weighted by Crippen LogP contribution is 2.26. The predicted octanol–water partition coefficient (Wildman–Crippen LogP) is 1.77. The number of imidazole rings is 1. The average Bonchev–Trinajstić information content (AvgIpc) is 3.10. The van der Waals surface area contributed by atoms with Crippen molar-refractivity contribution >= 4 is 11.0 Å². The van der Waals surface area contributed by atoms with Crippen LogP contribution in [0, 0.1) is 5.82 Å². The molecule has 0 saturated carbocycles. The molecule has 3 aromatic rings. The zero-order valence-electron chi connectivity index (χ0n) is 12.9. The van der Waals surface area contributed by atoms with Gasteiger partial charge in [0.25, 0.3) is 0 Å². The SMILES string of the molecule is Cn1cc(CNCC2COCc3nc4cc(F)ccc4n32)cn1. The van der Waals surface area contributed by atoms with E-state index in [0.29, 0.717) is 18.7 Å². The van der Waals surface area contributed by atoms with Crippen molar-refractivity contribution in [2.75, 3.05) is 13.2 Å². The highest BCUT2D eigenvalue weighted by molar-refractivity contribution is 5.76. The Hall–Kier alpha value is -2.25. The fraction of sp³-hybridized carbons (Fsp3) is 0.375. The number of rotatable bonds is 4. The van der Waals surface area contributed by atoms with E-state index < -0.39 is 0 Å². The smallest absolute Gasteiger partial charge is 0.136 e. The number of nitrogens with zero attached hydrogens (tertiary/aromatic N) is 4. The lowest BCUT2D eigenvalue weighted by Gasteiger charge is -2.26. The maximum Gasteiger partial charge on any atom is 0.136 e. The molecule has 1 atom stereocenters. The van der Waals surface area contributed by atoms with Crippen molar-refractivity contribution in [1.29, 1.82) is 0 Å². The number of aryl methyl sites for hydroxylation is 1. The minimum atomic E-state index is -0.264. The molecule has 0 aliphatic carbocycles. The van der Waals surface area contributed by atoms with Gasteiger partial charge >= 0.3 is 0 Å². The van der Waals surface area contributed by atoms with Crippen molar-refractivity contribution in [3.63, 3.8) is 0 Å². The molecule has 0 bridgehead atoms. The van der Waals surface area contributed by atoms with Gasteiger partial charge in [0.05, 0.1) is 29.9 Å². The first-order valence-electron chi connectivity index (χ1n) is 7.63. The lowest BCUT2D eigenvalue weighted by Crippen LogP contribution is -2.32. The van der Waals surface area contributed by atoms with Crippen LogP contribution in [0.4, 0.5) is 4.39 Å². The first kappa shape index (κ1) is 14.3. The number of fused-ring (bicyclic) bond motifs is 3. The number of ether oxygens (including phenoxy) is 1. The molecule has 3 heterocycles. The second-order valence-corrected chi connectivity index (χ2v) is 5.85. The van der Waals surface area contributed by atoms with Crippen LogP contribution >= 0.6 is 0 Å². The predicted molar refractivity (Wildman–Crippen MR) is 83.3 cm³/mol. The average molecular weight is 315 g/mol. The molecule has 7 heteroatoms. The highest BCUT2D eigenvalue weighted by atomic mass is 19.1. The van der Waals surface area contributed by atoms with Gasteiger partial charge in [0.2, 0.25) is 0 Å². The van der Waals surface area contributed by atoms with E-state index in [0.717, 1.165) is 30.0 Å². The van der Waals surface area contributed by atoms with Gasteiger partial charge in [0.15, 0.2) is 0 Å². The van der Waals surface area contributed by atoms with Crippen molar-refractivity contribution in [3.05, 3.63) is 47.8 Å². The number of nitrogens with one attached hydrogen (secondary N) is 1. The molecule has 0 spiro atoms. The van der Waals surface area contributed by atoms with E-state index in [1.54, 1.807) is 10.7 Å². The van der Waals surface area contributed by atoms with Crippen molar-refractivity contribution in [3.8, 4) is 0 Å². The lowest BCUT2D eigenvalue weighted by molar-refractivity contribution is 0.0564. The Bertz CT molecular complexity index is 840. The topological polar surface area (TPSA) is 56.9 Å². The Morgan fingerprint density at radius 1 is 1.43 bits per heavy atom. The molecule has 4 rings (SSSR count). The molecule has 0 amide bonds. The minimum Gasteiger partial charge on any atom is -0.371 e. The molecule has 1 unspecified atom stereocenters. The van der Waals surface area contributed by atoms with Gasteiger partial charge in [-0.3, -0.25) is 4.68 Å². The quantitative estimate of drug-likeness (QED) is 0.797. The molecule has 0 fully saturated rings. The Morgan fingerprint density at radius 2 is 2.35 bits per heavy atom. The Morgan fingerprint density at radius 3 is 3.17 bits per heavy atom. The van der Waals surface area contributed by atoms with Crippen LogP contribution in [0.5, 0.6) is 0 Å². The third kappa shape index (κ3) is 2.73. The van der Waals surface area contributed by atoms with Crippen molar-refractivity contribution in [2.45, 2.75) is 19.2 Å². The van der Waals surface area contributed by atoms with Gasteiger partial charge in [0, 0.05) is 38.0 Å². The number of halogens is 1. The van der Waals surface area contributed by atoms with Crippen LogP contribution in [0.2, 0.25) is 0 Å². The summed E-state index contributed by atoms with van der Waals surface area (Å²) in [7, 11) is 1.90. The molecule has 1 N–H and O–H groups in total. The summed E-state index contributed by atoms with van der Waals surface area (Å²) in [4.78, 5) is 4.49. The van der Waals surface area contributed by atoms with Crippen molar-refractivity contribution in [1.82, 2.24) is 24.6 Å². The molecule has 6 nitrogen and oxygen atoms in total. The second kappa shape index (κ2) is 5.75. The zero-order chi connectivity index (χ0) is 15.8. The molecule has 1 aliphatic rings. The summed E-state index contributed by atoms with van der Waals surface area (Å²) in [6, 6.07) is 4.89. The Balaban J connectivity index is 1.54. The van der Waals surface area contributed by atoms with Gasteiger partial charge in [-0.1, -0.05) is 0 Å².